The van der Waals surface area contributed by atoms with Crippen molar-refractivity contribution in [3.8, 4) is 0 Å². The molecule has 0 aliphatic heterocycles. The van der Waals surface area contributed by atoms with Gasteiger partial charge >= 0.3 is 0 Å². The molecule has 3 aromatic carbocycles. The smallest absolute Gasteiger partial charge is 0.140 e. The molecule has 0 aliphatic carbocycles. The average Bonchev–Trinajstić information content (AvgIpc) is 2.62. The largest absolute Gasteiger partial charge is 0.314 e. The van der Waals surface area contributed by atoms with E-state index in [9.17, 15) is 4.57 Å². The van der Waals surface area contributed by atoms with Crippen molar-refractivity contribution in [1.29, 1.82) is 0 Å². The van der Waals surface area contributed by atoms with Crippen LogP contribution in [0.4, 0.5) is 0 Å². The third-order valence-electron chi connectivity index (χ3n) is 3.88. The van der Waals surface area contributed by atoms with Crippen molar-refractivity contribution in [2.24, 2.45) is 0 Å². The number of benzene rings is 3. The zero-order valence-corrected chi connectivity index (χ0v) is 14.0. The molecule has 0 bridgehead atoms. The minimum absolute atomic E-state index is 0.881. The summed E-state index contributed by atoms with van der Waals surface area (Å²) >= 11 is 0. The Morgan fingerprint density at radius 3 is 1.78 bits per heavy atom. The molecule has 0 aliphatic rings. The van der Waals surface area contributed by atoms with Crippen LogP contribution >= 0.6 is 7.14 Å². The van der Waals surface area contributed by atoms with Gasteiger partial charge in [0.05, 0.1) is 0 Å². The van der Waals surface area contributed by atoms with Crippen molar-refractivity contribution in [1.82, 2.24) is 0 Å². The SMILES string of the molecule is CP(=O)(/C(=C/c1ccccc1)c1ccccc1)c1ccccc1. The Hall–Kier alpha value is -2.37. The average molecular weight is 318 g/mol. The minimum Gasteiger partial charge on any atom is -0.314 e. The fourth-order valence-corrected chi connectivity index (χ4v) is 4.68. The van der Waals surface area contributed by atoms with Gasteiger partial charge in [0.25, 0.3) is 0 Å². The summed E-state index contributed by atoms with van der Waals surface area (Å²) in [6.45, 7) is 1.85. The van der Waals surface area contributed by atoms with Crippen molar-refractivity contribution in [3.05, 3.63) is 102 Å². The molecule has 114 valence electrons. The van der Waals surface area contributed by atoms with Crippen LogP contribution in [0.2, 0.25) is 0 Å². The van der Waals surface area contributed by atoms with Crippen molar-refractivity contribution < 1.29 is 4.57 Å². The van der Waals surface area contributed by atoms with E-state index in [1.54, 1.807) is 0 Å². The first kappa shape index (κ1) is 15.5. The van der Waals surface area contributed by atoms with Gasteiger partial charge in [0, 0.05) is 10.6 Å². The lowest BCUT2D eigenvalue weighted by atomic mass is 10.1. The molecule has 2 heteroatoms. The minimum atomic E-state index is -2.68. The van der Waals surface area contributed by atoms with E-state index in [-0.39, 0.29) is 0 Å². The van der Waals surface area contributed by atoms with Crippen LogP contribution in [0.25, 0.3) is 11.4 Å². The molecule has 0 saturated carbocycles. The molecule has 1 atom stereocenters. The van der Waals surface area contributed by atoms with Gasteiger partial charge < -0.3 is 4.57 Å². The summed E-state index contributed by atoms with van der Waals surface area (Å²) in [6, 6.07) is 29.8. The van der Waals surface area contributed by atoms with Gasteiger partial charge in [-0.3, -0.25) is 0 Å². The van der Waals surface area contributed by atoms with Gasteiger partial charge in [-0.05, 0) is 23.9 Å². The van der Waals surface area contributed by atoms with E-state index in [4.69, 9.17) is 0 Å². The van der Waals surface area contributed by atoms with Gasteiger partial charge in [0.2, 0.25) is 0 Å². The van der Waals surface area contributed by atoms with Crippen LogP contribution in [-0.4, -0.2) is 6.66 Å². The molecule has 0 fully saturated rings. The highest BCUT2D eigenvalue weighted by Crippen LogP contribution is 2.55. The van der Waals surface area contributed by atoms with Crippen LogP contribution in [0.15, 0.2) is 91.0 Å². The van der Waals surface area contributed by atoms with Gasteiger partial charge in [0.1, 0.15) is 7.14 Å². The first-order chi connectivity index (χ1) is 11.2. The van der Waals surface area contributed by atoms with E-state index in [1.165, 1.54) is 0 Å². The van der Waals surface area contributed by atoms with Gasteiger partial charge in [-0.25, -0.2) is 0 Å². The highest BCUT2D eigenvalue weighted by atomic mass is 31.2. The predicted octanol–water partition coefficient (Wildman–Crippen LogP) is 5.50. The molecule has 23 heavy (non-hydrogen) atoms. The number of hydrogen-bond acceptors (Lipinski definition) is 1. The predicted molar refractivity (Wildman–Crippen MR) is 100 cm³/mol. The van der Waals surface area contributed by atoms with Crippen LogP contribution in [0.3, 0.4) is 0 Å². The van der Waals surface area contributed by atoms with E-state index in [2.05, 4.69) is 0 Å². The molecule has 1 unspecified atom stereocenters. The van der Waals surface area contributed by atoms with Gasteiger partial charge in [0.15, 0.2) is 0 Å². The summed E-state index contributed by atoms with van der Waals surface area (Å²) in [5.41, 5.74) is 2.07. The van der Waals surface area contributed by atoms with Crippen LogP contribution in [0, 0.1) is 0 Å². The zero-order chi connectivity index (χ0) is 16.1. The molecule has 0 radical (unpaired) electrons. The summed E-state index contributed by atoms with van der Waals surface area (Å²) < 4.78 is 13.7. The lowest BCUT2D eigenvalue weighted by Gasteiger charge is -2.18. The maximum atomic E-state index is 13.7. The lowest BCUT2D eigenvalue weighted by molar-refractivity contribution is 0.591. The topological polar surface area (TPSA) is 17.1 Å². The second-order valence-electron chi connectivity index (χ2n) is 5.57. The molecular weight excluding hydrogens is 299 g/mol. The van der Waals surface area contributed by atoms with Crippen LogP contribution in [0.1, 0.15) is 11.1 Å². The van der Waals surface area contributed by atoms with E-state index in [0.29, 0.717) is 0 Å². The van der Waals surface area contributed by atoms with E-state index in [1.807, 2.05) is 104 Å². The molecule has 0 heterocycles. The van der Waals surface area contributed by atoms with E-state index >= 15 is 0 Å². The fraction of sp³-hybridized carbons (Fsp3) is 0.0476. The normalized spacial score (nSPS) is 14.2. The highest BCUT2D eigenvalue weighted by molar-refractivity contribution is 7.80. The van der Waals surface area contributed by atoms with E-state index < -0.39 is 7.14 Å². The van der Waals surface area contributed by atoms with Gasteiger partial charge in [-0.15, -0.1) is 0 Å². The Morgan fingerprint density at radius 1 is 0.739 bits per heavy atom. The lowest BCUT2D eigenvalue weighted by Crippen LogP contribution is -2.04. The molecule has 0 spiro atoms. The summed E-state index contributed by atoms with van der Waals surface area (Å²) in [6.07, 6.45) is 2.04. The Labute approximate surface area is 137 Å². The molecule has 3 aromatic rings. The Balaban J connectivity index is 2.17. The third-order valence-corrected chi connectivity index (χ3v) is 6.47. The van der Waals surface area contributed by atoms with Crippen LogP contribution in [0.5, 0.6) is 0 Å². The Morgan fingerprint density at radius 2 is 1.22 bits per heavy atom. The summed E-state index contributed by atoms with van der Waals surface area (Å²) in [5.74, 6) is 0. The molecule has 1 nitrogen and oxygen atoms in total. The van der Waals surface area contributed by atoms with Gasteiger partial charge in [-0.2, -0.15) is 0 Å². The standard InChI is InChI=1S/C21H19OP/c1-23(22,20-15-9-4-10-16-20)21(19-13-7-3-8-14-19)17-18-11-5-2-6-12-18/h2-17H,1H3/b21-17+. The van der Waals surface area contributed by atoms with Crippen molar-refractivity contribution in [2.75, 3.05) is 6.66 Å². The first-order valence-corrected chi connectivity index (χ1v) is 9.79. The quantitative estimate of drug-likeness (QED) is 0.458. The van der Waals surface area contributed by atoms with Crippen molar-refractivity contribution in [3.63, 3.8) is 0 Å². The third kappa shape index (κ3) is 3.52. The maximum Gasteiger partial charge on any atom is 0.140 e. The zero-order valence-electron chi connectivity index (χ0n) is 13.1. The van der Waals surface area contributed by atoms with Crippen LogP contribution in [-0.2, 0) is 4.57 Å². The maximum absolute atomic E-state index is 13.7. The van der Waals surface area contributed by atoms with E-state index in [0.717, 1.165) is 21.7 Å². The molecule has 3 rings (SSSR count). The molecular formula is C21H19OP. The van der Waals surface area contributed by atoms with Crippen LogP contribution < -0.4 is 5.30 Å². The molecule has 0 amide bonds. The first-order valence-electron chi connectivity index (χ1n) is 7.64. The molecule has 0 aromatic heterocycles. The van der Waals surface area contributed by atoms with Crippen molar-refractivity contribution in [2.45, 2.75) is 0 Å². The van der Waals surface area contributed by atoms with Crippen molar-refractivity contribution >= 4 is 23.8 Å². The number of hydrogen-bond donors (Lipinski definition) is 0. The molecule has 0 N–H and O–H groups in total. The second kappa shape index (κ2) is 6.81. The molecule has 0 saturated heterocycles. The Kier molecular flexibility index (Phi) is 4.60. The fourth-order valence-electron chi connectivity index (χ4n) is 2.62. The summed E-state index contributed by atoms with van der Waals surface area (Å²) in [4.78, 5) is 0. The highest BCUT2D eigenvalue weighted by Gasteiger charge is 2.24. The summed E-state index contributed by atoms with van der Waals surface area (Å²) in [7, 11) is -2.68. The Bertz CT molecular complexity index is 837. The number of rotatable bonds is 4. The van der Waals surface area contributed by atoms with Gasteiger partial charge in [-0.1, -0.05) is 91.0 Å². The monoisotopic (exact) mass is 318 g/mol. The second-order valence-corrected chi connectivity index (χ2v) is 8.41. The summed E-state index contributed by atoms with van der Waals surface area (Å²) in [5, 5.41) is 1.77.